The van der Waals surface area contributed by atoms with Crippen LogP contribution < -0.4 is 5.32 Å². The second-order valence-electron chi connectivity index (χ2n) is 7.27. The number of hydrogen-bond acceptors (Lipinski definition) is 6. The van der Waals surface area contributed by atoms with Gasteiger partial charge in [0.15, 0.2) is 0 Å². The predicted molar refractivity (Wildman–Crippen MR) is 114 cm³/mol. The number of nitrogens with one attached hydrogen (secondary N) is 1. The molecule has 13 heteroatoms. The smallest absolute Gasteiger partial charge is 0.326 e. The molecule has 1 amide bonds. The van der Waals surface area contributed by atoms with Crippen LogP contribution in [-0.2, 0) is 21.0 Å². The van der Waals surface area contributed by atoms with Gasteiger partial charge in [-0.05, 0) is 43.2 Å². The SMILES string of the molecule is O=C(Nc1ccc(Cl)c(C(F)(F)F)c1)C1CCCN(S(=O)(=O)c2cccc3nsnc23)C1. The van der Waals surface area contributed by atoms with Crippen molar-refractivity contribution in [3.8, 4) is 0 Å². The van der Waals surface area contributed by atoms with Crippen LogP contribution in [0.5, 0.6) is 0 Å². The molecule has 1 aromatic heterocycles. The predicted octanol–water partition coefficient (Wildman–Crippen LogP) is 4.40. The van der Waals surface area contributed by atoms with Crippen LogP contribution in [0.3, 0.4) is 0 Å². The molecule has 2 heterocycles. The first kappa shape index (κ1) is 22.9. The number of carbonyl (C=O) groups is 1. The molecule has 1 aliphatic heterocycles. The van der Waals surface area contributed by atoms with Crippen molar-refractivity contribution >= 4 is 56.0 Å². The van der Waals surface area contributed by atoms with E-state index in [-0.39, 0.29) is 29.2 Å². The maximum absolute atomic E-state index is 13.2. The maximum atomic E-state index is 13.2. The van der Waals surface area contributed by atoms with Crippen molar-refractivity contribution in [1.82, 2.24) is 13.1 Å². The Balaban J connectivity index is 1.53. The van der Waals surface area contributed by atoms with Gasteiger partial charge in [-0.1, -0.05) is 17.7 Å². The summed E-state index contributed by atoms with van der Waals surface area (Å²) < 4.78 is 75.0. The molecule has 0 bridgehead atoms. The third-order valence-electron chi connectivity index (χ3n) is 5.16. The van der Waals surface area contributed by atoms with E-state index in [0.29, 0.717) is 18.4 Å². The van der Waals surface area contributed by atoms with Gasteiger partial charge in [-0.15, -0.1) is 0 Å². The first-order valence-electron chi connectivity index (χ1n) is 9.46. The molecular weight excluding hydrogens is 489 g/mol. The summed E-state index contributed by atoms with van der Waals surface area (Å²) >= 11 is 6.52. The molecule has 1 fully saturated rings. The lowest BCUT2D eigenvalue weighted by Gasteiger charge is -2.31. The maximum Gasteiger partial charge on any atom is 0.417 e. The van der Waals surface area contributed by atoms with Crippen molar-refractivity contribution in [3.05, 3.63) is 47.0 Å². The summed E-state index contributed by atoms with van der Waals surface area (Å²) in [6.45, 7) is 0.126. The molecule has 1 aliphatic rings. The number of hydrogen-bond donors (Lipinski definition) is 1. The topological polar surface area (TPSA) is 92.3 Å². The van der Waals surface area contributed by atoms with E-state index in [2.05, 4.69) is 14.1 Å². The van der Waals surface area contributed by atoms with E-state index in [9.17, 15) is 26.4 Å². The quantitative estimate of drug-likeness (QED) is 0.568. The van der Waals surface area contributed by atoms with Gasteiger partial charge < -0.3 is 5.32 Å². The van der Waals surface area contributed by atoms with Crippen molar-refractivity contribution in [2.24, 2.45) is 5.92 Å². The van der Waals surface area contributed by atoms with Gasteiger partial charge in [0.2, 0.25) is 15.9 Å². The van der Waals surface area contributed by atoms with Gasteiger partial charge in [0.05, 0.1) is 28.2 Å². The number of benzene rings is 2. The highest BCUT2D eigenvalue weighted by Gasteiger charge is 2.36. The van der Waals surface area contributed by atoms with Crippen LogP contribution in [0, 0.1) is 5.92 Å². The van der Waals surface area contributed by atoms with E-state index in [4.69, 9.17) is 11.6 Å². The summed E-state index contributed by atoms with van der Waals surface area (Å²) in [5, 5.41) is 1.97. The van der Waals surface area contributed by atoms with E-state index >= 15 is 0 Å². The summed E-state index contributed by atoms with van der Waals surface area (Å²) in [7, 11) is -3.94. The summed E-state index contributed by atoms with van der Waals surface area (Å²) in [5.74, 6) is -1.29. The highest BCUT2D eigenvalue weighted by Crippen LogP contribution is 2.36. The zero-order valence-electron chi connectivity index (χ0n) is 16.3. The fraction of sp³-hybridized carbons (Fsp3) is 0.316. The van der Waals surface area contributed by atoms with Crippen LogP contribution in [0.2, 0.25) is 5.02 Å². The molecule has 0 saturated carbocycles. The molecule has 7 nitrogen and oxygen atoms in total. The molecule has 1 saturated heterocycles. The molecule has 4 rings (SSSR count). The van der Waals surface area contributed by atoms with Gasteiger partial charge in [-0.25, -0.2) is 8.42 Å². The van der Waals surface area contributed by atoms with E-state index in [1.807, 2.05) is 0 Å². The molecule has 0 spiro atoms. The molecule has 3 aromatic rings. The highest BCUT2D eigenvalue weighted by atomic mass is 35.5. The number of carbonyl (C=O) groups excluding carboxylic acids is 1. The number of sulfonamides is 1. The number of rotatable bonds is 4. The monoisotopic (exact) mass is 504 g/mol. The largest absolute Gasteiger partial charge is 0.417 e. The van der Waals surface area contributed by atoms with Crippen molar-refractivity contribution in [2.75, 3.05) is 18.4 Å². The van der Waals surface area contributed by atoms with E-state index < -0.39 is 38.6 Å². The van der Waals surface area contributed by atoms with E-state index in [1.165, 1.54) is 16.4 Å². The number of halogens is 4. The van der Waals surface area contributed by atoms with Gasteiger partial charge in [0, 0.05) is 18.8 Å². The molecule has 2 aromatic carbocycles. The Labute approximate surface area is 190 Å². The Bertz CT molecular complexity index is 1280. The van der Waals surface area contributed by atoms with Crippen LogP contribution in [0.25, 0.3) is 11.0 Å². The fourth-order valence-corrected chi connectivity index (χ4v) is 6.07. The number of anilines is 1. The minimum absolute atomic E-state index is 0.0114. The Morgan fingerprint density at radius 3 is 2.75 bits per heavy atom. The Morgan fingerprint density at radius 1 is 1.22 bits per heavy atom. The van der Waals surface area contributed by atoms with Crippen LogP contribution in [-0.4, -0.2) is 40.5 Å². The highest BCUT2D eigenvalue weighted by molar-refractivity contribution is 7.89. The lowest BCUT2D eigenvalue weighted by molar-refractivity contribution is -0.137. The minimum Gasteiger partial charge on any atom is -0.326 e. The third kappa shape index (κ3) is 4.45. The van der Waals surface area contributed by atoms with Gasteiger partial charge >= 0.3 is 6.18 Å². The first-order valence-corrected chi connectivity index (χ1v) is 12.0. The number of piperidine rings is 1. The van der Waals surface area contributed by atoms with Crippen molar-refractivity contribution in [2.45, 2.75) is 23.9 Å². The van der Waals surface area contributed by atoms with Crippen LogP contribution in [0.15, 0.2) is 41.3 Å². The first-order chi connectivity index (χ1) is 15.1. The summed E-state index contributed by atoms with van der Waals surface area (Å²) in [5.41, 5.74) is -0.393. The summed E-state index contributed by atoms with van der Waals surface area (Å²) in [4.78, 5) is 12.7. The fourth-order valence-electron chi connectivity index (χ4n) is 3.57. The van der Waals surface area contributed by atoms with E-state index in [1.54, 1.807) is 12.1 Å². The Kier molecular flexibility index (Phi) is 6.14. The molecule has 170 valence electrons. The average molecular weight is 505 g/mol. The molecule has 0 radical (unpaired) electrons. The van der Waals surface area contributed by atoms with Crippen LogP contribution in [0.1, 0.15) is 18.4 Å². The number of alkyl halides is 3. The van der Waals surface area contributed by atoms with Crippen molar-refractivity contribution in [1.29, 1.82) is 0 Å². The van der Waals surface area contributed by atoms with Crippen LogP contribution in [0.4, 0.5) is 18.9 Å². The molecule has 1 atom stereocenters. The third-order valence-corrected chi connectivity index (χ3v) is 7.93. The molecule has 1 unspecified atom stereocenters. The Morgan fingerprint density at radius 2 is 2.00 bits per heavy atom. The average Bonchev–Trinajstić information content (AvgIpc) is 3.23. The Hall–Kier alpha value is -2.28. The minimum atomic E-state index is -4.67. The van der Waals surface area contributed by atoms with Gasteiger partial charge in [-0.3, -0.25) is 4.79 Å². The van der Waals surface area contributed by atoms with Gasteiger partial charge in [-0.2, -0.15) is 26.2 Å². The number of amides is 1. The number of aromatic nitrogens is 2. The molecule has 32 heavy (non-hydrogen) atoms. The summed E-state index contributed by atoms with van der Waals surface area (Å²) in [6, 6.07) is 7.75. The van der Waals surface area contributed by atoms with Crippen molar-refractivity contribution in [3.63, 3.8) is 0 Å². The molecule has 1 N–H and O–H groups in total. The standard InChI is InChI=1S/C19H16ClF3N4O3S2/c20-14-7-6-12(9-13(14)19(21,22)23)24-18(28)11-3-2-8-27(10-11)32(29,30)16-5-1-4-15-17(16)26-31-25-15/h1,4-7,9,11H,2-3,8,10H2,(H,24,28). The summed E-state index contributed by atoms with van der Waals surface area (Å²) in [6.07, 6.45) is -3.84. The zero-order valence-corrected chi connectivity index (χ0v) is 18.7. The van der Waals surface area contributed by atoms with Crippen LogP contribution >= 0.6 is 23.3 Å². The van der Waals surface area contributed by atoms with Gasteiger partial charge in [0.1, 0.15) is 15.9 Å². The van der Waals surface area contributed by atoms with Crippen molar-refractivity contribution < 1.29 is 26.4 Å². The zero-order chi connectivity index (χ0) is 23.1. The second kappa shape index (κ2) is 8.58. The van der Waals surface area contributed by atoms with Gasteiger partial charge in [0.25, 0.3) is 0 Å². The molecule has 0 aliphatic carbocycles. The normalized spacial score (nSPS) is 18.1. The second-order valence-corrected chi connectivity index (χ2v) is 10.1. The number of nitrogens with zero attached hydrogens (tertiary/aromatic N) is 3. The molecular formula is C19H16ClF3N4O3S2. The lowest BCUT2D eigenvalue weighted by Crippen LogP contribution is -2.43. The lowest BCUT2D eigenvalue weighted by atomic mass is 9.98. The van der Waals surface area contributed by atoms with E-state index in [0.717, 1.165) is 23.9 Å². The number of fused-ring (bicyclic) bond motifs is 1.